The van der Waals surface area contributed by atoms with Gasteiger partial charge in [-0.1, -0.05) is 38.1 Å². The number of aromatic nitrogens is 2. The average molecular weight is 244 g/mol. The quantitative estimate of drug-likeness (QED) is 0.867. The summed E-state index contributed by atoms with van der Waals surface area (Å²) in [5.41, 5.74) is 2.86. The van der Waals surface area contributed by atoms with Crippen molar-refractivity contribution in [1.82, 2.24) is 10.2 Å². The minimum atomic E-state index is -0.968. The maximum absolute atomic E-state index is 11.0. The predicted octanol–water partition coefficient (Wildman–Crippen LogP) is 3.29. The summed E-state index contributed by atoms with van der Waals surface area (Å²) in [5.74, 6) is -0.454. The molecule has 0 spiro atoms. The van der Waals surface area contributed by atoms with Gasteiger partial charge >= 0.3 is 5.97 Å². The van der Waals surface area contributed by atoms with Crippen LogP contribution in [0.4, 0.5) is 0 Å². The summed E-state index contributed by atoms with van der Waals surface area (Å²) in [6, 6.07) is 7.94. The van der Waals surface area contributed by atoms with Gasteiger partial charge in [-0.05, 0) is 17.9 Å². The molecule has 4 heteroatoms. The van der Waals surface area contributed by atoms with Crippen LogP contribution in [0.1, 0.15) is 42.1 Å². The van der Waals surface area contributed by atoms with E-state index in [0.29, 0.717) is 11.6 Å². The van der Waals surface area contributed by atoms with Crippen LogP contribution in [-0.4, -0.2) is 21.3 Å². The molecule has 1 unspecified atom stereocenters. The number of H-pyrrole nitrogens is 1. The molecule has 1 heterocycles. The minimum absolute atomic E-state index is 0.200. The second-order valence-corrected chi connectivity index (χ2v) is 4.40. The first-order chi connectivity index (χ1) is 8.63. The topological polar surface area (TPSA) is 66.0 Å². The molecule has 0 aliphatic heterocycles. The number of rotatable bonds is 4. The first-order valence-electron chi connectivity index (χ1n) is 6.00. The van der Waals surface area contributed by atoms with Gasteiger partial charge in [0.2, 0.25) is 0 Å². The Kier molecular flexibility index (Phi) is 3.46. The van der Waals surface area contributed by atoms with Crippen LogP contribution in [0.25, 0.3) is 11.3 Å². The fraction of sp³-hybridized carbons (Fsp3) is 0.286. The Balaban J connectivity index is 2.34. The van der Waals surface area contributed by atoms with Crippen molar-refractivity contribution in [2.24, 2.45) is 0 Å². The van der Waals surface area contributed by atoms with Gasteiger partial charge in [-0.3, -0.25) is 5.10 Å². The van der Waals surface area contributed by atoms with Crippen LogP contribution in [-0.2, 0) is 0 Å². The fourth-order valence-electron chi connectivity index (χ4n) is 1.88. The summed E-state index contributed by atoms with van der Waals surface area (Å²) in [6.45, 7) is 4.32. The van der Waals surface area contributed by atoms with E-state index < -0.39 is 5.97 Å². The number of carboxylic acids is 1. The van der Waals surface area contributed by atoms with Crippen molar-refractivity contribution in [3.63, 3.8) is 0 Å². The molecule has 0 saturated heterocycles. The molecule has 0 amide bonds. The van der Waals surface area contributed by atoms with Gasteiger partial charge in [0.05, 0.1) is 11.9 Å². The van der Waals surface area contributed by atoms with Crippen LogP contribution in [0, 0.1) is 0 Å². The summed E-state index contributed by atoms with van der Waals surface area (Å²) >= 11 is 0. The van der Waals surface area contributed by atoms with Crippen LogP contribution in [0.2, 0.25) is 0 Å². The Hall–Kier alpha value is -2.10. The van der Waals surface area contributed by atoms with E-state index >= 15 is 0 Å². The molecule has 1 atom stereocenters. The summed E-state index contributed by atoms with van der Waals surface area (Å²) in [7, 11) is 0. The third-order valence-electron chi connectivity index (χ3n) is 3.25. The van der Waals surface area contributed by atoms with Crippen LogP contribution in [0.5, 0.6) is 0 Å². The molecule has 1 aromatic carbocycles. The van der Waals surface area contributed by atoms with E-state index in [4.69, 9.17) is 5.11 Å². The Morgan fingerprint density at radius 1 is 1.39 bits per heavy atom. The van der Waals surface area contributed by atoms with E-state index in [2.05, 4.69) is 24.0 Å². The second kappa shape index (κ2) is 5.04. The van der Waals surface area contributed by atoms with Crippen LogP contribution < -0.4 is 0 Å². The van der Waals surface area contributed by atoms with E-state index in [1.807, 2.05) is 24.3 Å². The molecule has 1 aromatic heterocycles. The zero-order valence-electron chi connectivity index (χ0n) is 10.5. The molecule has 4 nitrogen and oxygen atoms in total. The van der Waals surface area contributed by atoms with Gasteiger partial charge in [-0.15, -0.1) is 0 Å². The molecule has 0 saturated carbocycles. The monoisotopic (exact) mass is 244 g/mol. The molecule has 2 rings (SSSR count). The molecule has 0 radical (unpaired) electrons. The fourth-order valence-corrected chi connectivity index (χ4v) is 1.88. The second-order valence-electron chi connectivity index (χ2n) is 4.40. The van der Waals surface area contributed by atoms with Gasteiger partial charge in [0, 0.05) is 5.56 Å². The van der Waals surface area contributed by atoms with Crippen molar-refractivity contribution < 1.29 is 9.90 Å². The Morgan fingerprint density at radius 2 is 2.06 bits per heavy atom. The van der Waals surface area contributed by atoms with Gasteiger partial charge in [0.1, 0.15) is 5.56 Å². The molecule has 0 aliphatic rings. The number of hydrogen-bond acceptors (Lipinski definition) is 2. The lowest BCUT2D eigenvalue weighted by molar-refractivity contribution is 0.0698. The Bertz CT molecular complexity index is 543. The highest BCUT2D eigenvalue weighted by molar-refractivity contribution is 5.94. The number of carboxylic acid groups (broad SMARTS) is 1. The summed E-state index contributed by atoms with van der Waals surface area (Å²) < 4.78 is 0. The maximum atomic E-state index is 11.0. The van der Waals surface area contributed by atoms with Gasteiger partial charge < -0.3 is 5.11 Å². The number of aromatic amines is 1. The summed E-state index contributed by atoms with van der Waals surface area (Å²) in [4.78, 5) is 11.0. The number of hydrogen-bond donors (Lipinski definition) is 2. The first kappa shape index (κ1) is 12.4. The van der Waals surface area contributed by atoms with Crippen molar-refractivity contribution in [3.8, 4) is 11.3 Å². The zero-order valence-corrected chi connectivity index (χ0v) is 10.5. The molecule has 0 aliphatic carbocycles. The van der Waals surface area contributed by atoms with Crippen LogP contribution in [0.15, 0.2) is 30.5 Å². The highest BCUT2D eigenvalue weighted by Gasteiger charge is 2.14. The van der Waals surface area contributed by atoms with Crippen molar-refractivity contribution in [2.45, 2.75) is 26.2 Å². The van der Waals surface area contributed by atoms with E-state index in [0.717, 1.165) is 12.0 Å². The smallest absolute Gasteiger partial charge is 0.339 e. The third kappa shape index (κ3) is 2.27. The Labute approximate surface area is 106 Å². The summed E-state index contributed by atoms with van der Waals surface area (Å²) in [5, 5.41) is 15.6. The maximum Gasteiger partial charge on any atom is 0.339 e. The van der Waals surface area contributed by atoms with Crippen molar-refractivity contribution in [3.05, 3.63) is 41.6 Å². The first-order valence-corrected chi connectivity index (χ1v) is 6.00. The van der Waals surface area contributed by atoms with Gasteiger partial charge in [-0.2, -0.15) is 5.10 Å². The van der Waals surface area contributed by atoms with E-state index in [1.54, 1.807) is 0 Å². The van der Waals surface area contributed by atoms with Crippen LogP contribution in [0.3, 0.4) is 0 Å². The van der Waals surface area contributed by atoms with E-state index in [-0.39, 0.29) is 5.56 Å². The van der Waals surface area contributed by atoms with E-state index in [9.17, 15) is 4.79 Å². The lowest BCUT2D eigenvalue weighted by Crippen LogP contribution is -1.97. The van der Waals surface area contributed by atoms with Crippen LogP contribution >= 0.6 is 0 Å². The molecule has 18 heavy (non-hydrogen) atoms. The Morgan fingerprint density at radius 3 is 2.61 bits per heavy atom. The number of carbonyl (C=O) groups is 1. The predicted molar refractivity (Wildman–Crippen MR) is 69.7 cm³/mol. The largest absolute Gasteiger partial charge is 0.478 e. The van der Waals surface area contributed by atoms with Gasteiger partial charge in [0.15, 0.2) is 0 Å². The lowest BCUT2D eigenvalue weighted by Gasteiger charge is -2.09. The molecule has 0 bridgehead atoms. The SMILES string of the molecule is CCC(C)c1ccc(-c2[nH]ncc2C(=O)O)cc1. The molecular formula is C14H16N2O2. The standard InChI is InChI=1S/C14H16N2O2/c1-3-9(2)10-4-6-11(7-5-10)13-12(14(17)18)8-15-16-13/h4-9H,3H2,1-2H3,(H,15,16)(H,17,18). The number of benzene rings is 1. The number of nitrogens with zero attached hydrogens (tertiary/aromatic N) is 1. The molecule has 94 valence electrons. The van der Waals surface area contributed by atoms with Gasteiger partial charge in [-0.25, -0.2) is 4.79 Å². The van der Waals surface area contributed by atoms with Crippen molar-refractivity contribution >= 4 is 5.97 Å². The van der Waals surface area contributed by atoms with Crippen molar-refractivity contribution in [1.29, 1.82) is 0 Å². The molecular weight excluding hydrogens is 228 g/mol. The third-order valence-corrected chi connectivity index (χ3v) is 3.25. The molecule has 2 aromatic rings. The van der Waals surface area contributed by atoms with Crippen molar-refractivity contribution in [2.75, 3.05) is 0 Å². The van der Waals surface area contributed by atoms with E-state index in [1.165, 1.54) is 11.8 Å². The lowest BCUT2D eigenvalue weighted by atomic mass is 9.96. The molecule has 0 fully saturated rings. The zero-order chi connectivity index (χ0) is 13.1. The number of nitrogens with one attached hydrogen (secondary N) is 1. The van der Waals surface area contributed by atoms with Gasteiger partial charge in [0.25, 0.3) is 0 Å². The highest BCUT2D eigenvalue weighted by atomic mass is 16.4. The number of aromatic carboxylic acids is 1. The highest BCUT2D eigenvalue weighted by Crippen LogP contribution is 2.25. The summed E-state index contributed by atoms with van der Waals surface area (Å²) in [6.07, 6.45) is 2.42. The average Bonchev–Trinajstić information content (AvgIpc) is 2.87. The normalized spacial score (nSPS) is 12.3. The molecule has 2 N–H and O–H groups in total. The minimum Gasteiger partial charge on any atom is -0.478 e.